The van der Waals surface area contributed by atoms with E-state index in [-0.39, 0.29) is 23.6 Å². The predicted molar refractivity (Wildman–Crippen MR) is 118 cm³/mol. The Kier molecular flexibility index (Phi) is 5.06. The molecule has 1 aliphatic heterocycles. The number of fused-ring (bicyclic) bond motifs is 2. The van der Waals surface area contributed by atoms with E-state index in [0.29, 0.717) is 11.5 Å². The molecule has 1 aliphatic carbocycles. The number of nitrogens with zero attached hydrogens (tertiary/aromatic N) is 2. The van der Waals surface area contributed by atoms with E-state index < -0.39 is 0 Å². The molecule has 1 unspecified atom stereocenters. The molecule has 1 saturated heterocycles. The zero-order chi connectivity index (χ0) is 21.5. The van der Waals surface area contributed by atoms with E-state index in [4.69, 9.17) is 9.47 Å². The van der Waals surface area contributed by atoms with Crippen molar-refractivity contribution in [3.05, 3.63) is 58.0 Å². The maximum Gasteiger partial charge on any atom is 0.326 e. The summed E-state index contributed by atoms with van der Waals surface area (Å²) in [5.41, 5.74) is 3.54. The van der Waals surface area contributed by atoms with Gasteiger partial charge >= 0.3 is 5.69 Å². The molecule has 7 heteroatoms. The summed E-state index contributed by atoms with van der Waals surface area (Å²) < 4.78 is 12.7. The Bertz CT molecular complexity index is 1190. The van der Waals surface area contributed by atoms with E-state index in [0.717, 1.165) is 60.9 Å². The molecule has 2 aliphatic rings. The van der Waals surface area contributed by atoms with Crippen LogP contribution in [0.1, 0.15) is 41.2 Å². The molecule has 3 aromatic rings. The highest BCUT2D eigenvalue weighted by Gasteiger charge is 2.35. The second kappa shape index (κ2) is 7.89. The summed E-state index contributed by atoms with van der Waals surface area (Å²) in [6, 6.07) is 11.6. The lowest BCUT2D eigenvalue weighted by Crippen LogP contribution is -2.48. The molecular formula is C24H27N3O4. The van der Waals surface area contributed by atoms with Crippen molar-refractivity contribution in [3.8, 4) is 11.5 Å². The number of ketones is 1. The number of hydrogen-bond acceptors (Lipinski definition) is 5. The summed E-state index contributed by atoms with van der Waals surface area (Å²) >= 11 is 0. The van der Waals surface area contributed by atoms with Crippen LogP contribution in [0.15, 0.2) is 41.2 Å². The number of ether oxygens (including phenoxy) is 2. The predicted octanol–water partition coefficient (Wildman–Crippen LogP) is 3.18. The van der Waals surface area contributed by atoms with Crippen molar-refractivity contribution in [1.29, 1.82) is 0 Å². The van der Waals surface area contributed by atoms with Gasteiger partial charge in [-0.05, 0) is 55.5 Å². The van der Waals surface area contributed by atoms with Crippen LogP contribution in [-0.2, 0) is 6.42 Å². The van der Waals surface area contributed by atoms with Gasteiger partial charge in [0.2, 0.25) is 0 Å². The number of hydrogen-bond donors (Lipinski definition) is 1. The molecular weight excluding hydrogens is 394 g/mol. The minimum atomic E-state index is -0.119. The molecule has 2 heterocycles. The van der Waals surface area contributed by atoms with Gasteiger partial charge in [0.1, 0.15) is 0 Å². The summed E-state index contributed by atoms with van der Waals surface area (Å²) in [6.45, 7) is 1.60. The van der Waals surface area contributed by atoms with E-state index in [1.165, 1.54) is 0 Å². The molecule has 1 N–H and O–H groups in total. The summed E-state index contributed by atoms with van der Waals surface area (Å²) in [7, 11) is 3.20. The molecule has 1 aromatic heterocycles. The molecule has 0 amide bonds. The number of Topliss-reactive ketones (excluding diaryl/α,β-unsaturated/α-hetero) is 1. The molecule has 0 spiro atoms. The van der Waals surface area contributed by atoms with Crippen LogP contribution in [0.2, 0.25) is 0 Å². The van der Waals surface area contributed by atoms with Crippen LogP contribution in [0.5, 0.6) is 11.5 Å². The third-order valence-electron chi connectivity index (χ3n) is 6.79. The Morgan fingerprint density at radius 3 is 2.42 bits per heavy atom. The standard InChI is InChI=1S/C24H27N3O4/c1-30-21-13-15-7-8-20(23(28)17(15)14-22(21)31-2)26-11-9-16(10-12-26)27-19-6-4-3-5-18(19)25-24(27)29/h3-6,13-14,16,20H,7-12H2,1-2H3,(H,25,29). The third kappa shape index (κ3) is 3.33. The minimum Gasteiger partial charge on any atom is -0.493 e. The van der Waals surface area contributed by atoms with Gasteiger partial charge in [0.15, 0.2) is 17.3 Å². The summed E-state index contributed by atoms with van der Waals surface area (Å²) in [6.07, 6.45) is 3.35. The molecule has 0 bridgehead atoms. The number of aryl methyl sites for hydroxylation is 1. The minimum absolute atomic E-state index is 0.0524. The number of imidazole rings is 1. The van der Waals surface area contributed by atoms with E-state index >= 15 is 0 Å². The van der Waals surface area contributed by atoms with Gasteiger partial charge in [-0.15, -0.1) is 0 Å². The molecule has 31 heavy (non-hydrogen) atoms. The largest absolute Gasteiger partial charge is 0.493 e. The van der Waals surface area contributed by atoms with Gasteiger partial charge in [0.25, 0.3) is 0 Å². The lowest BCUT2D eigenvalue weighted by atomic mass is 9.85. The number of carbonyl (C=O) groups is 1. The first-order valence-electron chi connectivity index (χ1n) is 10.8. The van der Waals surface area contributed by atoms with E-state index in [2.05, 4.69) is 9.88 Å². The highest BCUT2D eigenvalue weighted by molar-refractivity contribution is 6.03. The van der Waals surface area contributed by atoms with Crippen molar-refractivity contribution in [2.24, 2.45) is 0 Å². The van der Waals surface area contributed by atoms with Crippen LogP contribution < -0.4 is 15.2 Å². The van der Waals surface area contributed by atoms with Crippen molar-refractivity contribution in [2.75, 3.05) is 27.3 Å². The van der Waals surface area contributed by atoms with Crippen molar-refractivity contribution in [3.63, 3.8) is 0 Å². The lowest BCUT2D eigenvalue weighted by molar-refractivity contribution is 0.0713. The van der Waals surface area contributed by atoms with Crippen molar-refractivity contribution >= 4 is 16.8 Å². The number of aromatic amines is 1. The third-order valence-corrected chi connectivity index (χ3v) is 6.79. The summed E-state index contributed by atoms with van der Waals surface area (Å²) in [5.74, 6) is 1.41. The first-order valence-corrected chi connectivity index (χ1v) is 10.8. The van der Waals surface area contributed by atoms with Crippen LogP contribution in [-0.4, -0.2) is 53.6 Å². The smallest absolute Gasteiger partial charge is 0.326 e. The maximum absolute atomic E-state index is 13.3. The van der Waals surface area contributed by atoms with Gasteiger partial charge in [-0.3, -0.25) is 14.3 Å². The Morgan fingerprint density at radius 1 is 0.968 bits per heavy atom. The number of likely N-dealkylation sites (tertiary alicyclic amines) is 1. The van der Waals surface area contributed by atoms with Gasteiger partial charge in [0.05, 0.1) is 31.3 Å². The number of benzene rings is 2. The quantitative estimate of drug-likeness (QED) is 0.700. The number of nitrogens with one attached hydrogen (secondary N) is 1. The van der Waals surface area contributed by atoms with Crippen LogP contribution in [0.25, 0.3) is 11.0 Å². The van der Waals surface area contributed by atoms with Crippen LogP contribution in [0.4, 0.5) is 0 Å². The van der Waals surface area contributed by atoms with Crippen LogP contribution in [0.3, 0.4) is 0 Å². The molecule has 2 aromatic carbocycles. The maximum atomic E-state index is 13.3. The second-order valence-corrected chi connectivity index (χ2v) is 8.37. The fraction of sp³-hybridized carbons (Fsp3) is 0.417. The summed E-state index contributed by atoms with van der Waals surface area (Å²) in [4.78, 5) is 31.1. The van der Waals surface area contributed by atoms with Gasteiger partial charge in [-0.2, -0.15) is 0 Å². The normalized spacial score (nSPS) is 20.1. The SMILES string of the molecule is COc1cc2c(cc1OC)C(=O)C(N1CCC(n3c(=O)[nH]c4ccccc43)CC1)CC2. The number of para-hydroxylation sites is 2. The van der Waals surface area contributed by atoms with Crippen molar-refractivity contribution in [2.45, 2.75) is 37.8 Å². The lowest BCUT2D eigenvalue weighted by Gasteiger charge is -2.39. The number of piperidine rings is 1. The zero-order valence-electron chi connectivity index (χ0n) is 17.9. The van der Waals surface area contributed by atoms with Crippen LogP contribution >= 0.6 is 0 Å². The number of aromatic nitrogens is 2. The van der Waals surface area contributed by atoms with E-state index in [1.807, 2.05) is 41.0 Å². The Labute approximate surface area is 180 Å². The molecule has 1 fully saturated rings. The zero-order valence-corrected chi connectivity index (χ0v) is 17.9. The van der Waals surface area contributed by atoms with Gasteiger partial charge in [0, 0.05) is 24.7 Å². The molecule has 1 atom stereocenters. The molecule has 0 radical (unpaired) electrons. The molecule has 7 nitrogen and oxygen atoms in total. The average molecular weight is 421 g/mol. The molecule has 5 rings (SSSR count). The van der Waals surface area contributed by atoms with Gasteiger partial charge < -0.3 is 14.5 Å². The van der Waals surface area contributed by atoms with Gasteiger partial charge in [-0.25, -0.2) is 4.79 Å². The van der Waals surface area contributed by atoms with E-state index in [1.54, 1.807) is 14.2 Å². The monoisotopic (exact) mass is 421 g/mol. The fourth-order valence-electron chi connectivity index (χ4n) is 5.20. The molecule has 162 valence electrons. The number of methoxy groups -OCH3 is 2. The van der Waals surface area contributed by atoms with Crippen molar-refractivity contribution < 1.29 is 14.3 Å². The second-order valence-electron chi connectivity index (χ2n) is 8.37. The van der Waals surface area contributed by atoms with E-state index in [9.17, 15) is 9.59 Å². The Hall–Kier alpha value is -3.06. The molecule has 0 saturated carbocycles. The fourth-order valence-corrected chi connectivity index (χ4v) is 5.20. The Balaban J connectivity index is 1.34. The highest BCUT2D eigenvalue weighted by atomic mass is 16.5. The van der Waals surface area contributed by atoms with Gasteiger partial charge in [-0.1, -0.05) is 12.1 Å². The summed E-state index contributed by atoms with van der Waals surface area (Å²) in [5, 5.41) is 0. The number of rotatable bonds is 4. The topological polar surface area (TPSA) is 76.6 Å². The van der Waals surface area contributed by atoms with Crippen molar-refractivity contribution in [1.82, 2.24) is 14.5 Å². The van der Waals surface area contributed by atoms with Crippen LogP contribution in [0, 0.1) is 0 Å². The first-order chi connectivity index (χ1) is 15.1. The number of H-pyrrole nitrogens is 1. The average Bonchev–Trinajstić information content (AvgIpc) is 3.14. The number of carbonyl (C=O) groups excluding carboxylic acids is 1. The first kappa shape index (κ1) is 19.9. The highest BCUT2D eigenvalue weighted by Crippen LogP contribution is 2.36. The Morgan fingerprint density at radius 2 is 1.68 bits per heavy atom.